The number of pyridine rings is 1. The number of hydrogen-bond donors (Lipinski definition) is 1. The summed E-state index contributed by atoms with van der Waals surface area (Å²) in [5.41, 5.74) is 3.69. The molecule has 1 atom stereocenters. The molecule has 0 saturated heterocycles. The number of benzene rings is 1. The fourth-order valence-electron chi connectivity index (χ4n) is 2.25. The molecule has 96 valence electrons. The number of fused-ring (bicyclic) bond motifs is 1. The summed E-state index contributed by atoms with van der Waals surface area (Å²) >= 11 is 0. The highest BCUT2D eigenvalue weighted by Gasteiger charge is 2.07. The summed E-state index contributed by atoms with van der Waals surface area (Å²) in [6.07, 6.45) is 3.90. The fraction of sp³-hybridized carbons (Fsp3) is 0.188. The third kappa shape index (κ3) is 2.51. The molecule has 0 amide bonds. The van der Waals surface area contributed by atoms with E-state index in [-0.39, 0.29) is 0 Å². The van der Waals surface area contributed by atoms with Gasteiger partial charge in [0.1, 0.15) is 0 Å². The normalized spacial score (nSPS) is 12.7. The molecule has 0 bridgehead atoms. The molecule has 0 spiro atoms. The van der Waals surface area contributed by atoms with E-state index in [1.165, 1.54) is 11.1 Å². The topological polar surface area (TPSA) is 29.3 Å². The predicted molar refractivity (Wildman–Crippen MR) is 76.9 cm³/mol. The van der Waals surface area contributed by atoms with E-state index in [1.54, 1.807) is 0 Å². The molecule has 0 unspecified atom stereocenters. The molecule has 0 aliphatic rings. The van der Waals surface area contributed by atoms with E-state index in [2.05, 4.69) is 47.7 Å². The predicted octanol–water partition coefficient (Wildman–Crippen LogP) is 3.19. The highest BCUT2D eigenvalue weighted by Crippen LogP contribution is 2.14. The van der Waals surface area contributed by atoms with Gasteiger partial charge < -0.3 is 5.32 Å². The first kappa shape index (κ1) is 11.9. The quantitative estimate of drug-likeness (QED) is 0.771. The van der Waals surface area contributed by atoms with Crippen molar-refractivity contribution in [3.63, 3.8) is 0 Å². The SMILES string of the molecule is C[C@H](NCc1cnn2ccccc12)c1ccccc1. The molecule has 3 aromatic rings. The minimum absolute atomic E-state index is 0.333. The van der Waals surface area contributed by atoms with Crippen LogP contribution < -0.4 is 5.32 Å². The summed E-state index contributed by atoms with van der Waals surface area (Å²) in [6.45, 7) is 3.00. The number of nitrogens with one attached hydrogen (secondary N) is 1. The minimum Gasteiger partial charge on any atom is -0.306 e. The van der Waals surface area contributed by atoms with Crippen LogP contribution in [0, 0.1) is 0 Å². The van der Waals surface area contributed by atoms with Crippen molar-refractivity contribution in [1.29, 1.82) is 0 Å². The zero-order chi connectivity index (χ0) is 13.1. The lowest BCUT2D eigenvalue weighted by Gasteiger charge is -2.13. The minimum atomic E-state index is 0.333. The van der Waals surface area contributed by atoms with Crippen LogP contribution in [0.3, 0.4) is 0 Å². The van der Waals surface area contributed by atoms with E-state index >= 15 is 0 Å². The monoisotopic (exact) mass is 251 g/mol. The number of rotatable bonds is 4. The van der Waals surface area contributed by atoms with Gasteiger partial charge in [0, 0.05) is 24.3 Å². The molecule has 3 nitrogen and oxygen atoms in total. The lowest BCUT2D eigenvalue weighted by molar-refractivity contribution is 0.576. The van der Waals surface area contributed by atoms with E-state index in [0.717, 1.165) is 12.1 Å². The van der Waals surface area contributed by atoms with E-state index in [9.17, 15) is 0 Å². The van der Waals surface area contributed by atoms with E-state index < -0.39 is 0 Å². The zero-order valence-corrected chi connectivity index (χ0v) is 11.0. The number of aromatic nitrogens is 2. The van der Waals surface area contributed by atoms with Gasteiger partial charge in [-0.15, -0.1) is 0 Å². The molecule has 0 fully saturated rings. The Morgan fingerprint density at radius 2 is 1.89 bits per heavy atom. The Morgan fingerprint density at radius 1 is 1.11 bits per heavy atom. The van der Waals surface area contributed by atoms with Gasteiger partial charge in [0.2, 0.25) is 0 Å². The van der Waals surface area contributed by atoms with Gasteiger partial charge in [-0.2, -0.15) is 5.10 Å². The number of hydrogen-bond acceptors (Lipinski definition) is 2. The van der Waals surface area contributed by atoms with Crippen LogP contribution >= 0.6 is 0 Å². The maximum absolute atomic E-state index is 4.35. The molecule has 0 radical (unpaired) electrons. The van der Waals surface area contributed by atoms with Gasteiger partial charge in [0.15, 0.2) is 0 Å². The molecule has 0 aliphatic carbocycles. The summed E-state index contributed by atoms with van der Waals surface area (Å²) in [5, 5.41) is 7.89. The van der Waals surface area contributed by atoms with Gasteiger partial charge in [-0.1, -0.05) is 36.4 Å². The standard InChI is InChI=1S/C16H17N3/c1-13(14-7-3-2-4-8-14)17-11-15-12-18-19-10-6-5-9-16(15)19/h2-10,12-13,17H,11H2,1H3/t13-/m0/s1. The lowest BCUT2D eigenvalue weighted by Crippen LogP contribution is -2.17. The fourth-order valence-corrected chi connectivity index (χ4v) is 2.25. The van der Waals surface area contributed by atoms with Crippen LogP contribution in [0.25, 0.3) is 5.52 Å². The van der Waals surface area contributed by atoms with Gasteiger partial charge in [0.25, 0.3) is 0 Å². The Labute approximate surface area is 112 Å². The number of nitrogens with zero attached hydrogens (tertiary/aromatic N) is 2. The molecular formula is C16H17N3. The van der Waals surface area contributed by atoms with Crippen LogP contribution in [0.5, 0.6) is 0 Å². The van der Waals surface area contributed by atoms with Gasteiger partial charge in [-0.3, -0.25) is 0 Å². The second-order valence-corrected chi connectivity index (χ2v) is 4.71. The third-order valence-electron chi connectivity index (χ3n) is 3.40. The molecule has 2 heterocycles. The van der Waals surface area contributed by atoms with Crippen LogP contribution in [0.4, 0.5) is 0 Å². The largest absolute Gasteiger partial charge is 0.306 e. The van der Waals surface area contributed by atoms with Gasteiger partial charge >= 0.3 is 0 Å². The molecule has 0 saturated carbocycles. The third-order valence-corrected chi connectivity index (χ3v) is 3.40. The Kier molecular flexibility index (Phi) is 3.29. The van der Waals surface area contributed by atoms with Crippen LogP contribution in [0.15, 0.2) is 60.9 Å². The van der Waals surface area contributed by atoms with E-state index in [4.69, 9.17) is 0 Å². The molecular weight excluding hydrogens is 234 g/mol. The highest BCUT2D eigenvalue weighted by atomic mass is 15.2. The van der Waals surface area contributed by atoms with Crippen molar-refractivity contribution in [3.8, 4) is 0 Å². The van der Waals surface area contributed by atoms with Gasteiger partial charge in [0.05, 0.1) is 11.7 Å². The second-order valence-electron chi connectivity index (χ2n) is 4.71. The summed E-state index contributed by atoms with van der Waals surface area (Å²) < 4.78 is 1.91. The first-order chi connectivity index (χ1) is 9.34. The highest BCUT2D eigenvalue weighted by molar-refractivity contribution is 5.53. The van der Waals surface area contributed by atoms with Crippen molar-refractivity contribution in [2.75, 3.05) is 0 Å². The molecule has 19 heavy (non-hydrogen) atoms. The Hall–Kier alpha value is -2.13. The molecule has 0 aliphatic heterocycles. The lowest BCUT2D eigenvalue weighted by atomic mass is 10.1. The van der Waals surface area contributed by atoms with E-state index in [0.29, 0.717) is 6.04 Å². The van der Waals surface area contributed by atoms with Gasteiger partial charge in [-0.05, 0) is 24.6 Å². The molecule has 1 N–H and O–H groups in total. The van der Waals surface area contributed by atoms with Crippen LogP contribution in [0.2, 0.25) is 0 Å². The molecule has 3 rings (SSSR count). The average molecular weight is 251 g/mol. The average Bonchev–Trinajstić information content (AvgIpc) is 2.89. The Bertz CT molecular complexity index is 658. The second kappa shape index (κ2) is 5.24. The maximum atomic E-state index is 4.35. The van der Waals surface area contributed by atoms with Crippen LogP contribution in [-0.4, -0.2) is 9.61 Å². The Morgan fingerprint density at radius 3 is 2.74 bits per heavy atom. The maximum Gasteiger partial charge on any atom is 0.0706 e. The van der Waals surface area contributed by atoms with Gasteiger partial charge in [-0.25, -0.2) is 4.52 Å². The van der Waals surface area contributed by atoms with Crippen molar-refractivity contribution >= 4 is 5.52 Å². The zero-order valence-electron chi connectivity index (χ0n) is 11.0. The molecule has 1 aromatic carbocycles. The van der Waals surface area contributed by atoms with Crippen LogP contribution in [0.1, 0.15) is 24.1 Å². The van der Waals surface area contributed by atoms with E-state index in [1.807, 2.05) is 35.1 Å². The van der Waals surface area contributed by atoms with Crippen LogP contribution in [-0.2, 0) is 6.54 Å². The van der Waals surface area contributed by atoms with Crippen molar-refractivity contribution in [2.24, 2.45) is 0 Å². The molecule has 2 aromatic heterocycles. The smallest absolute Gasteiger partial charge is 0.0706 e. The summed E-state index contributed by atoms with van der Waals surface area (Å²) in [5.74, 6) is 0. The summed E-state index contributed by atoms with van der Waals surface area (Å²) in [4.78, 5) is 0. The molecule has 3 heteroatoms. The van der Waals surface area contributed by atoms with Crippen molar-refractivity contribution in [2.45, 2.75) is 19.5 Å². The first-order valence-electron chi connectivity index (χ1n) is 6.54. The Balaban J connectivity index is 1.73. The first-order valence-corrected chi connectivity index (χ1v) is 6.54. The summed E-state index contributed by atoms with van der Waals surface area (Å²) in [7, 11) is 0. The van der Waals surface area contributed by atoms with Crippen molar-refractivity contribution in [1.82, 2.24) is 14.9 Å². The van der Waals surface area contributed by atoms with Crippen molar-refractivity contribution in [3.05, 3.63) is 72.1 Å². The summed E-state index contributed by atoms with van der Waals surface area (Å²) in [6, 6.07) is 16.9. The van der Waals surface area contributed by atoms with Crippen molar-refractivity contribution < 1.29 is 0 Å².